The summed E-state index contributed by atoms with van der Waals surface area (Å²) in [6, 6.07) is 20.7. The van der Waals surface area contributed by atoms with E-state index in [0.717, 1.165) is 47.0 Å². The lowest BCUT2D eigenvalue weighted by Crippen LogP contribution is -2.62. The number of quaternary nitrogens is 1. The highest BCUT2D eigenvalue weighted by atomic mass is 32.2. The average Bonchev–Trinajstić information content (AvgIpc) is 3.48. The van der Waals surface area contributed by atoms with Crippen LogP contribution in [0.1, 0.15) is 47.1 Å². The number of aliphatic imine (C=N–C) groups is 1. The maximum absolute atomic E-state index is 13.7. The molecule has 2 heterocycles. The topological polar surface area (TPSA) is 231 Å². The Kier molecular flexibility index (Phi) is 13.5. The largest absolute Gasteiger partial charge is 0.488 e. The van der Waals surface area contributed by atoms with E-state index in [2.05, 4.69) is 24.0 Å². The van der Waals surface area contributed by atoms with Gasteiger partial charge in [-0.25, -0.2) is 19.3 Å². The number of fused-ring (bicyclic) bond motifs is 2. The number of nitrogens with one attached hydrogen (secondary N) is 1. The molecule has 3 atom stereocenters. The Morgan fingerprint density at radius 3 is 2.10 bits per heavy atom. The van der Waals surface area contributed by atoms with Crippen LogP contribution in [0.2, 0.25) is 0 Å². The molecule has 18 nitrogen and oxygen atoms in total. The van der Waals surface area contributed by atoms with Crippen molar-refractivity contribution in [3.63, 3.8) is 0 Å². The van der Waals surface area contributed by atoms with Crippen LogP contribution in [0.4, 0.5) is 11.4 Å². The fourth-order valence-corrected chi connectivity index (χ4v) is 8.45. The number of carbonyl (C=O) groups excluding carboxylic acids is 4. The van der Waals surface area contributed by atoms with Crippen LogP contribution in [0.15, 0.2) is 101 Å². The number of amides is 1. The van der Waals surface area contributed by atoms with E-state index in [-0.39, 0.29) is 69.7 Å². The van der Waals surface area contributed by atoms with Gasteiger partial charge in [0.25, 0.3) is 11.4 Å². The molecule has 0 radical (unpaired) electrons. The second-order valence-electron chi connectivity index (χ2n) is 15.6. The number of non-ortho nitro benzene ring substituents is 2. The number of carbonyl (C=O) groups is 4. The molecule has 4 aromatic rings. The summed E-state index contributed by atoms with van der Waals surface area (Å²) in [6.45, 7) is 7.01. The number of ether oxygens (including phenoxy) is 2. The number of thioether (sulfide) groups is 1. The fraction of sp³-hybridized carbons (Fsp3) is 0.302. The lowest BCUT2D eigenvalue weighted by atomic mass is 9.74. The van der Waals surface area contributed by atoms with Gasteiger partial charge in [-0.3, -0.25) is 35.3 Å². The summed E-state index contributed by atoms with van der Waals surface area (Å²) >= 11 is 1.17. The van der Waals surface area contributed by atoms with E-state index in [1.54, 1.807) is 0 Å². The molecule has 19 heteroatoms. The van der Waals surface area contributed by atoms with E-state index in [1.165, 1.54) is 40.9 Å². The molecule has 1 saturated heterocycles. The normalized spacial score (nSPS) is 17.2. The highest BCUT2D eigenvalue weighted by Crippen LogP contribution is 2.49. The number of nitro groups is 2. The van der Waals surface area contributed by atoms with Crippen molar-refractivity contribution in [1.82, 2.24) is 4.90 Å². The Bertz CT molecular complexity index is 2500. The first-order valence-corrected chi connectivity index (χ1v) is 20.3. The Balaban J connectivity index is 1.09. The Labute approximate surface area is 359 Å². The molecule has 1 amide bonds. The van der Waals surface area contributed by atoms with Gasteiger partial charge in [0.1, 0.15) is 24.6 Å². The monoisotopic (exact) mass is 867 g/mol. The number of esters is 2. The van der Waals surface area contributed by atoms with Gasteiger partial charge >= 0.3 is 17.9 Å². The van der Waals surface area contributed by atoms with Crippen molar-refractivity contribution in [3.8, 4) is 5.75 Å². The summed E-state index contributed by atoms with van der Waals surface area (Å²) in [7, 11) is 4.12. The molecule has 0 aliphatic carbocycles. The molecule has 0 spiro atoms. The van der Waals surface area contributed by atoms with Crippen LogP contribution in [0.3, 0.4) is 0 Å². The zero-order valence-corrected chi connectivity index (χ0v) is 35.2. The first-order chi connectivity index (χ1) is 29.5. The van der Waals surface area contributed by atoms with E-state index in [1.807, 2.05) is 57.2 Å². The number of β-lactam (4-membered cyclic amide) rings is 1. The number of nitrogens with zero attached hydrogens (tertiary/aromatic N) is 5. The minimum atomic E-state index is -1.01. The molecule has 2 aliphatic rings. The van der Waals surface area contributed by atoms with Crippen molar-refractivity contribution >= 4 is 69.3 Å². The highest BCUT2D eigenvalue weighted by Gasteiger charge is 2.59. The van der Waals surface area contributed by atoms with Crippen molar-refractivity contribution in [1.29, 1.82) is 5.41 Å². The number of nitro benzene ring substituents is 2. The second-order valence-corrected chi connectivity index (χ2v) is 16.7. The van der Waals surface area contributed by atoms with Crippen LogP contribution in [-0.2, 0) is 30.6 Å². The molecule has 4 aromatic carbocycles. The quantitative estimate of drug-likeness (QED) is 0.0140. The van der Waals surface area contributed by atoms with Gasteiger partial charge in [0.2, 0.25) is 12.3 Å². The molecule has 0 aromatic heterocycles. The third kappa shape index (κ3) is 9.79. The summed E-state index contributed by atoms with van der Waals surface area (Å²) in [5.41, 5.74) is 1.09. The average molecular weight is 868 g/mol. The molecule has 0 unspecified atom stereocenters. The van der Waals surface area contributed by atoms with Gasteiger partial charge < -0.3 is 18.9 Å². The summed E-state index contributed by atoms with van der Waals surface area (Å²) in [5.74, 6) is -2.69. The lowest BCUT2D eigenvalue weighted by molar-refractivity contribution is -0.901. The van der Waals surface area contributed by atoms with E-state index in [9.17, 15) is 39.4 Å². The molecular formula is C43H43N6O12S+. The molecule has 62 heavy (non-hydrogen) atoms. The molecule has 2 aliphatic heterocycles. The van der Waals surface area contributed by atoms with Gasteiger partial charge in [0.15, 0.2) is 5.17 Å². The number of hydrogen-bond donors (Lipinski definition) is 1. The van der Waals surface area contributed by atoms with Crippen LogP contribution in [-0.4, -0.2) is 93.7 Å². The van der Waals surface area contributed by atoms with Crippen molar-refractivity contribution < 1.29 is 52.8 Å². The zero-order valence-electron chi connectivity index (χ0n) is 34.3. The predicted molar refractivity (Wildman–Crippen MR) is 227 cm³/mol. The third-order valence-electron chi connectivity index (χ3n) is 10.7. The predicted octanol–water partition coefficient (Wildman–Crippen LogP) is 6.87. The van der Waals surface area contributed by atoms with Crippen molar-refractivity contribution in [2.45, 2.75) is 33.4 Å². The Hall–Kier alpha value is -6.99. The molecule has 0 bridgehead atoms. The van der Waals surface area contributed by atoms with Gasteiger partial charge in [0.05, 0.1) is 59.3 Å². The molecule has 1 N–H and O–H groups in total. The number of hydrogen-bond acceptors (Lipinski definition) is 14. The SMILES string of the molecule is CC(C)[C@H]1C(=O)N2C(C(=O)OC(=O)c3ccc([N+](=O)[O-])cc3)=C(COc3cccc4c(C[N+](C)(C)CCSC(=N)N=COOC(=O)c5ccc([N+](=O)[O-])cc5)cccc34)[C@H](C)[C@H]12. The van der Waals surface area contributed by atoms with Gasteiger partial charge in [-0.05, 0) is 41.6 Å². The molecular weight excluding hydrogens is 825 g/mol. The lowest BCUT2D eigenvalue weighted by Gasteiger charge is -2.47. The van der Waals surface area contributed by atoms with Gasteiger partial charge in [-0.15, -0.1) is 0 Å². The van der Waals surface area contributed by atoms with Crippen molar-refractivity contribution in [2.75, 3.05) is 33.0 Å². The Morgan fingerprint density at radius 1 is 0.887 bits per heavy atom. The molecule has 1 fully saturated rings. The third-order valence-corrected chi connectivity index (χ3v) is 11.5. The van der Waals surface area contributed by atoms with E-state index >= 15 is 0 Å². The number of amidine groups is 1. The molecule has 6 rings (SSSR count). The molecule has 322 valence electrons. The summed E-state index contributed by atoms with van der Waals surface area (Å²) in [5, 5.41) is 31.7. The minimum absolute atomic E-state index is 0.000860. The van der Waals surface area contributed by atoms with E-state index < -0.39 is 27.8 Å². The first kappa shape index (κ1) is 44.6. The van der Waals surface area contributed by atoms with E-state index in [0.29, 0.717) is 34.6 Å². The summed E-state index contributed by atoms with van der Waals surface area (Å²) < 4.78 is 12.3. The van der Waals surface area contributed by atoms with Crippen molar-refractivity contribution in [3.05, 3.63) is 133 Å². The smallest absolute Gasteiger partial charge is 0.386 e. The fourth-order valence-electron chi connectivity index (χ4n) is 7.56. The van der Waals surface area contributed by atoms with Gasteiger partial charge in [-0.1, -0.05) is 62.9 Å². The standard InChI is InChI=1S/C43H43N6O12S/c1-25(2)36-37-26(3)34(38(46(37)39(36)50)42(53)60-40(51)27-12-16-30(17-13-27)47(54)55)23-58-35-11-7-9-32-29(8-6-10-33(32)35)22-49(4,5)20-21-62-43(44)45-24-59-61-41(52)28-14-18-31(19-15-28)48(56)57/h6-19,24-26,36-37,44H,20-23H2,1-5H3/q+1/t26-,36+,37+/m0/s1. The minimum Gasteiger partial charge on any atom is -0.488 e. The van der Waals surface area contributed by atoms with Gasteiger partial charge in [0, 0.05) is 46.7 Å². The summed E-state index contributed by atoms with van der Waals surface area (Å²) in [4.78, 5) is 87.5. The van der Waals surface area contributed by atoms with Crippen LogP contribution in [0.25, 0.3) is 10.8 Å². The Morgan fingerprint density at radius 2 is 1.48 bits per heavy atom. The number of benzene rings is 4. The second kappa shape index (κ2) is 18.7. The van der Waals surface area contributed by atoms with Crippen LogP contribution >= 0.6 is 11.8 Å². The highest BCUT2D eigenvalue weighted by molar-refractivity contribution is 8.13. The summed E-state index contributed by atoms with van der Waals surface area (Å²) in [6.07, 6.45) is 0.820. The maximum Gasteiger partial charge on any atom is 0.386 e. The zero-order chi connectivity index (χ0) is 44.9. The maximum atomic E-state index is 13.7. The van der Waals surface area contributed by atoms with Crippen LogP contribution in [0.5, 0.6) is 5.75 Å². The number of rotatable bonds is 16. The van der Waals surface area contributed by atoms with E-state index in [4.69, 9.17) is 19.8 Å². The van der Waals surface area contributed by atoms with Crippen molar-refractivity contribution in [2.24, 2.45) is 22.7 Å². The van der Waals surface area contributed by atoms with Crippen LogP contribution < -0.4 is 4.74 Å². The van der Waals surface area contributed by atoms with Gasteiger partial charge in [-0.2, -0.15) is 4.99 Å². The first-order valence-electron chi connectivity index (χ1n) is 19.4. The van der Waals surface area contributed by atoms with Crippen LogP contribution in [0, 0.1) is 43.4 Å². The molecule has 0 saturated carbocycles.